The molecule has 1 heterocycles. The molecule has 1 aromatic carbocycles. The number of allylic oxidation sites excluding steroid dienone is 2. The van der Waals surface area contributed by atoms with Crippen LogP contribution in [0.5, 0.6) is 0 Å². The summed E-state index contributed by atoms with van der Waals surface area (Å²) in [4.78, 5) is 31.1. The van der Waals surface area contributed by atoms with E-state index in [0.717, 1.165) is 62.5 Å². The molecule has 3 saturated carbocycles. The molecule has 9 atom stereocenters. The van der Waals surface area contributed by atoms with Gasteiger partial charge in [-0.05, 0) is 114 Å². The molecule has 7 rings (SSSR count). The van der Waals surface area contributed by atoms with E-state index < -0.39 is 5.41 Å². The van der Waals surface area contributed by atoms with Crippen LogP contribution in [-0.4, -0.2) is 17.2 Å². The summed E-state index contributed by atoms with van der Waals surface area (Å²) in [5, 5.41) is 0.327. The van der Waals surface area contributed by atoms with Gasteiger partial charge in [0.05, 0.1) is 16.7 Å². The Morgan fingerprint density at radius 3 is 2.46 bits per heavy atom. The fourth-order valence-corrected chi connectivity index (χ4v) is 12.6. The van der Waals surface area contributed by atoms with Crippen molar-refractivity contribution in [3.05, 3.63) is 75.6 Å². The minimum atomic E-state index is -0.446. The number of hydrogen-bond acceptors (Lipinski definition) is 4. The van der Waals surface area contributed by atoms with E-state index in [1.165, 1.54) is 12.0 Å². The van der Waals surface area contributed by atoms with E-state index in [-0.39, 0.29) is 33.5 Å². The van der Waals surface area contributed by atoms with Crippen molar-refractivity contribution in [1.82, 2.24) is 4.98 Å². The van der Waals surface area contributed by atoms with Crippen LogP contribution in [0, 0.1) is 51.2 Å². The largest absolute Gasteiger partial charge is 0.460 e. The van der Waals surface area contributed by atoms with Crippen molar-refractivity contribution >= 4 is 23.9 Å². The van der Waals surface area contributed by atoms with Crippen LogP contribution in [0.3, 0.4) is 0 Å². The van der Waals surface area contributed by atoms with Crippen LogP contribution in [0.4, 0.5) is 0 Å². The van der Waals surface area contributed by atoms with E-state index in [2.05, 4.69) is 54.5 Å². The monoisotopic (exact) mass is 641 g/mol. The number of fused-ring (bicyclic) bond motifs is 8. The minimum Gasteiger partial charge on any atom is -0.460 e. The van der Waals surface area contributed by atoms with Crippen LogP contribution in [0.1, 0.15) is 121 Å². The Hall–Kier alpha value is -2.46. The second kappa shape index (κ2) is 10.8. The maximum absolute atomic E-state index is 14.3. The predicted molar refractivity (Wildman–Crippen MR) is 184 cm³/mol. The maximum Gasteiger partial charge on any atom is 0.313 e. The van der Waals surface area contributed by atoms with Gasteiger partial charge in [-0.1, -0.05) is 102 Å². The third kappa shape index (κ3) is 4.26. The number of carbonyl (C=O) groups is 2. The molecule has 0 saturated heterocycles. The Bertz CT molecular complexity index is 1600. The van der Waals surface area contributed by atoms with E-state index in [9.17, 15) is 9.59 Å². The van der Waals surface area contributed by atoms with Crippen LogP contribution in [0.25, 0.3) is 0 Å². The Labute approximate surface area is 281 Å². The standard InChI is InChI=1S/C41H52ClNO3/c1-25-15-18-41(36(45)46-24-27-11-9-8-10-12-27)20-19-39(6)30(33(41)26(25)2)13-14-32-38(5)22-28-21-29(23-44)35(42)43-34(28)37(3,4)31(38)16-17-40(32,39)7/h8-13,21,23,25-26,31-33H,14-20,22,24H2,1-7H3/t25-,26+,31+,32-,33+,38+,39-,40-,41+/m1/s1. The Morgan fingerprint density at radius 2 is 1.74 bits per heavy atom. The summed E-state index contributed by atoms with van der Waals surface area (Å²) in [5.74, 6) is 2.20. The second-order valence-corrected chi connectivity index (χ2v) is 17.6. The number of ether oxygens (including phenoxy) is 1. The lowest BCUT2D eigenvalue weighted by molar-refractivity contribution is -0.184. The van der Waals surface area contributed by atoms with Gasteiger partial charge in [0.2, 0.25) is 0 Å². The van der Waals surface area contributed by atoms with Gasteiger partial charge in [-0.3, -0.25) is 9.59 Å². The lowest BCUT2D eigenvalue weighted by atomic mass is 9.33. The van der Waals surface area contributed by atoms with Gasteiger partial charge in [0.25, 0.3) is 0 Å². The van der Waals surface area contributed by atoms with Crippen molar-refractivity contribution in [2.24, 2.45) is 51.2 Å². The van der Waals surface area contributed by atoms with Crippen molar-refractivity contribution in [2.75, 3.05) is 0 Å². The van der Waals surface area contributed by atoms with Crippen molar-refractivity contribution in [3.8, 4) is 0 Å². The average Bonchev–Trinajstić information content (AvgIpc) is 3.02. The lowest BCUT2D eigenvalue weighted by Crippen LogP contribution is -2.65. The first-order valence-corrected chi connectivity index (χ1v) is 18.2. The number of halogens is 1. The highest BCUT2D eigenvalue weighted by molar-refractivity contribution is 6.31. The quantitative estimate of drug-likeness (QED) is 0.144. The van der Waals surface area contributed by atoms with Gasteiger partial charge in [0.15, 0.2) is 6.29 Å². The molecule has 46 heavy (non-hydrogen) atoms. The molecule has 1 aromatic heterocycles. The van der Waals surface area contributed by atoms with Gasteiger partial charge in [0.1, 0.15) is 11.8 Å². The molecule has 2 aromatic rings. The summed E-state index contributed by atoms with van der Waals surface area (Å²) in [6.07, 6.45) is 11.7. The molecule has 0 bridgehead atoms. The fraction of sp³-hybridized carbons (Fsp3) is 0.634. The van der Waals surface area contributed by atoms with Gasteiger partial charge in [0, 0.05) is 5.41 Å². The second-order valence-electron chi connectivity index (χ2n) is 17.3. The summed E-state index contributed by atoms with van der Waals surface area (Å²) in [7, 11) is 0. The zero-order valence-corrected chi connectivity index (χ0v) is 29.7. The molecule has 0 unspecified atom stereocenters. The number of aldehydes is 1. The summed E-state index contributed by atoms with van der Waals surface area (Å²) in [6.45, 7) is 17.6. The molecule has 4 nitrogen and oxygen atoms in total. The summed E-state index contributed by atoms with van der Waals surface area (Å²) >= 11 is 6.51. The first-order valence-electron chi connectivity index (χ1n) is 17.8. The predicted octanol–water partition coefficient (Wildman–Crippen LogP) is 9.96. The molecule has 246 valence electrons. The molecule has 0 spiro atoms. The van der Waals surface area contributed by atoms with Gasteiger partial charge in [-0.2, -0.15) is 0 Å². The fourth-order valence-electron chi connectivity index (χ4n) is 12.4. The first-order chi connectivity index (χ1) is 21.7. The van der Waals surface area contributed by atoms with Gasteiger partial charge >= 0.3 is 5.97 Å². The van der Waals surface area contributed by atoms with Crippen molar-refractivity contribution in [3.63, 3.8) is 0 Å². The van der Waals surface area contributed by atoms with Gasteiger partial charge in [-0.15, -0.1) is 0 Å². The Balaban J connectivity index is 1.28. The zero-order chi connectivity index (χ0) is 32.9. The molecule has 5 aliphatic rings. The molecular formula is C41H52ClNO3. The van der Waals surface area contributed by atoms with E-state index >= 15 is 0 Å². The molecular weight excluding hydrogens is 590 g/mol. The molecule has 5 aliphatic carbocycles. The Kier molecular flexibility index (Phi) is 7.52. The number of pyridine rings is 1. The van der Waals surface area contributed by atoms with Crippen LogP contribution < -0.4 is 0 Å². The van der Waals surface area contributed by atoms with Crippen molar-refractivity contribution in [1.29, 1.82) is 0 Å². The smallest absolute Gasteiger partial charge is 0.313 e. The van der Waals surface area contributed by atoms with Gasteiger partial charge < -0.3 is 4.74 Å². The van der Waals surface area contributed by atoms with Crippen LogP contribution in [-0.2, 0) is 28.0 Å². The van der Waals surface area contributed by atoms with E-state index in [1.807, 2.05) is 36.4 Å². The molecule has 0 amide bonds. The number of carbonyl (C=O) groups excluding carboxylic acids is 2. The third-order valence-electron chi connectivity index (χ3n) is 15.1. The SMILES string of the molecule is C[C@H]1[C@H](C)CC[C@]2(C(=O)OCc3ccccc3)CC[C@]3(C)C(=CC[C@@H]4[C@@]5(C)Cc6cc(C=O)c(Cl)nc6C(C)(C)[C@@H]5CC[C@]43C)[C@H]12. The number of esters is 1. The van der Waals surface area contributed by atoms with Crippen LogP contribution in [0.15, 0.2) is 48.0 Å². The number of rotatable bonds is 4. The minimum absolute atomic E-state index is 0.0136. The number of benzene rings is 1. The zero-order valence-electron chi connectivity index (χ0n) is 28.9. The summed E-state index contributed by atoms with van der Waals surface area (Å²) < 4.78 is 6.22. The average molecular weight is 642 g/mol. The summed E-state index contributed by atoms with van der Waals surface area (Å²) in [5.41, 5.74) is 4.96. The van der Waals surface area contributed by atoms with Crippen LogP contribution in [0.2, 0.25) is 5.15 Å². The van der Waals surface area contributed by atoms with Gasteiger partial charge in [-0.25, -0.2) is 4.98 Å². The highest BCUT2D eigenvalue weighted by Crippen LogP contribution is 2.75. The summed E-state index contributed by atoms with van der Waals surface area (Å²) in [6, 6.07) is 12.1. The van der Waals surface area contributed by atoms with E-state index in [0.29, 0.717) is 41.0 Å². The number of hydrogen-bond donors (Lipinski definition) is 0. The third-order valence-corrected chi connectivity index (χ3v) is 15.4. The molecule has 0 aliphatic heterocycles. The first kappa shape index (κ1) is 32.1. The highest BCUT2D eigenvalue weighted by atomic mass is 35.5. The molecule has 5 heteroatoms. The normalized spacial score (nSPS) is 40.6. The number of aromatic nitrogens is 1. The van der Waals surface area contributed by atoms with Crippen LogP contribution >= 0.6 is 11.6 Å². The molecule has 3 fully saturated rings. The molecule has 0 radical (unpaired) electrons. The van der Waals surface area contributed by atoms with E-state index in [4.69, 9.17) is 21.3 Å². The van der Waals surface area contributed by atoms with E-state index in [1.54, 1.807) is 5.57 Å². The lowest BCUT2D eigenvalue weighted by Gasteiger charge is -2.71. The maximum atomic E-state index is 14.3. The molecule has 0 N–H and O–H groups in total. The Morgan fingerprint density at radius 1 is 1.00 bits per heavy atom. The highest BCUT2D eigenvalue weighted by Gasteiger charge is 2.69. The van der Waals surface area contributed by atoms with Crippen molar-refractivity contribution in [2.45, 2.75) is 112 Å². The number of nitrogens with zero attached hydrogens (tertiary/aromatic N) is 1. The van der Waals surface area contributed by atoms with Crippen molar-refractivity contribution < 1.29 is 14.3 Å². The topological polar surface area (TPSA) is 56.3 Å².